The second-order valence-electron chi connectivity index (χ2n) is 8.16. The van der Waals surface area contributed by atoms with Gasteiger partial charge < -0.3 is 15.1 Å². The number of aryl methyl sites for hydroxylation is 2. The number of hydrogen-bond donors (Lipinski definition) is 1. The summed E-state index contributed by atoms with van der Waals surface area (Å²) in [4.78, 5) is 28.9. The molecule has 2 amide bonds. The van der Waals surface area contributed by atoms with Gasteiger partial charge in [0.15, 0.2) is 5.16 Å². The van der Waals surface area contributed by atoms with Gasteiger partial charge in [0.2, 0.25) is 11.8 Å². The molecule has 0 radical (unpaired) electrons. The minimum absolute atomic E-state index is 0.00974. The molecule has 2 heterocycles. The molecule has 0 aliphatic carbocycles. The van der Waals surface area contributed by atoms with Gasteiger partial charge in [-0.15, -0.1) is 10.2 Å². The first-order valence-electron chi connectivity index (χ1n) is 11.1. The van der Waals surface area contributed by atoms with E-state index in [2.05, 4.69) is 40.3 Å². The second kappa shape index (κ2) is 10.9. The van der Waals surface area contributed by atoms with Crippen LogP contribution >= 0.6 is 23.4 Å². The van der Waals surface area contributed by atoms with Gasteiger partial charge in [0.1, 0.15) is 6.33 Å². The third-order valence-electron chi connectivity index (χ3n) is 5.88. The molecule has 34 heavy (non-hydrogen) atoms. The highest BCUT2D eigenvalue weighted by atomic mass is 35.5. The number of nitrogens with zero attached hydrogens (tertiary/aromatic N) is 5. The smallest absolute Gasteiger partial charge is 0.242 e. The van der Waals surface area contributed by atoms with Crippen molar-refractivity contribution in [2.75, 3.05) is 43.4 Å². The largest absolute Gasteiger partial charge is 0.368 e. The number of anilines is 1. The van der Waals surface area contributed by atoms with Crippen LogP contribution in [0.4, 0.5) is 5.69 Å². The lowest BCUT2D eigenvalue weighted by Crippen LogP contribution is -2.51. The zero-order chi connectivity index (χ0) is 24.1. The lowest BCUT2D eigenvalue weighted by atomic mass is 10.1. The number of rotatable bonds is 7. The maximum absolute atomic E-state index is 12.6. The molecule has 0 spiro atoms. The van der Waals surface area contributed by atoms with Crippen LogP contribution in [0.15, 0.2) is 53.9 Å². The predicted octanol–water partition coefficient (Wildman–Crippen LogP) is 3.09. The van der Waals surface area contributed by atoms with E-state index in [0.29, 0.717) is 23.3 Å². The first-order valence-corrected chi connectivity index (χ1v) is 12.4. The summed E-state index contributed by atoms with van der Waals surface area (Å²) in [6.45, 7) is 6.82. The minimum atomic E-state index is -0.215. The molecule has 1 N–H and O–H groups in total. The first kappa shape index (κ1) is 24.1. The van der Waals surface area contributed by atoms with Crippen LogP contribution in [-0.4, -0.2) is 70.0 Å². The average Bonchev–Trinajstić information content (AvgIpc) is 3.32. The molecule has 8 nitrogen and oxygen atoms in total. The number of amides is 2. The number of halogens is 1. The molecule has 0 unspecified atom stereocenters. The Balaban J connectivity index is 1.22. The van der Waals surface area contributed by atoms with Gasteiger partial charge in [-0.3, -0.25) is 14.2 Å². The van der Waals surface area contributed by atoms with Crippen molar-refractivity contribution in [3.05, 3.63) is 64.9 Å². The van der Waals surface area contributed by atoms with Gasteiger partial charge >= 0.3 is 0 Å². The zero-order valence-electron chi connectivity index (χ0n) is 19.2. The quantitative estimate of drug-likeness (QED) is 0.504. The van der Waals surface area contributed by atoms with Gasteiger partial charge in [0, 0.05) is 42.6 Å². The van der Waals surface area contributed by atoms with Crippen LogP contribution in [0.3, 0.4) is 0 Å². The van der Waals surface area contributed by atoms with Crippen molar-refractivity contribution in [3.8, 4) is 5.69 Å². The summed E-state index contributed by atoms with van der Waals surface area (Å²) in [6.07, 6.45) is 1.64. The maximum atomic E-state index is 12.6. The van der Waals surface area contributed by atoms with Gasteiger partial charge in [-0.2, -0.15) is 0 Å². The highest BCUT2D eigenvalue weighted by Crippen LogP contribution is 2.21. The minimum Gasteiger partial charge on any atom is -0.368 e. The number of carbonyl (C=O) groups is 2. The van der Waals surface area contributed by atoms with Gasteiger partial charge in [-0.1, -0.05) is 29.4 Å². The van der Waals surface area contributed by atoms with Crippen molar-refractivity contribution in [1.29, 1.82) is 0 Å². The monoisotopic (exact) mass is 498 g/mol. The summed E-state index contributed by atoms with van der Waals surface area (Å²) in [5.74, 6) is -0.138. The fourth-order valence-electron chi connectivity index (χ4n) is 3.71. The molecular formula is C24H27ClN6O2S. The predicted molar refractivity (Wildman–Crippen MR) is 135 cm³/mol. The van der Waals surface area contributed by atoms with E-state index < -0.39 is 0 Å². The van der Waals surface area contributed by atoms with Crippen LogP contribution in [0.5, 0.6) is 0 Å². The SMILES string of the molecule is Cc1ccc(-n2cnnc2SCC(=O)NCC(=O)N2CCN(c3ccc(Cl)cc3)CC2)cc1C. The number of nitrogens with one attached hydrogen (secondary N) is 1. The van der Waals surface area contributed by atoms with Gasteiger partial charge in [0.05, 0.1) is 12.3 Å². The lowest BCUT2D eigenvalue weighted by Gasteiger charge is -2.36. The van der Waals surface area contributed by atoms with E-state index in [1.807, 2.05) is 41.0 Å². The highest BCUT2D eigenvalue weighted by molar-refractivity contribution is 7.99. The fourth-order valence-corrected chi connectivity index (χ4v) is 4.59. The van der Waals surface area contributed by atoms with Crippen molar-refractivity contribution >= 4 is 40.9 Å². The molecule has 1 aliphatic rings. The van der Waals surface area contributed by atoms with Crippen molar-refractivity contribution in [2.45, 2.75) is 19.0 Å². The summed E-state index contributed by atoms with van der Waals surface area (Å²) in [5, 5.41) is 12.2. The molecule has 4 rings (SSSR count). The molecule has 0 atom stereocenters. The molecule has 178 valence electrons. The summed E-state index contributed by atoms with van der Waals surface area (Å²) in [5.41, 5.74) is 4.42. The molecule has 0 saturated carbocycles. The molecule has 2 aromatic carbocycles. The van der Waals surface area contributed by atoms with Crippen LogP contribution in [0.25, 0.3) is 5.69 Å². The standard InChI is InChI=1S/C24H27ClN6O2S/c1-17-3-6-21(13-18(17)2)31-16-27-28-24(31)34-15-22(32)26-14-23(33)30-11-9-29(10-12-30)20-7-4-19(25)5-8-20/h3-8,13,16H,9-12,14-15H2,1-2H3,(H,26,32). The average molecular weight is 499 g/mol. The molecule has 1 fully saturated rings. The van der Waals surface area contributed by atoms with Crippen molar-refractivity contribution < 1.29 is 9.59 Å². The van der Waals surface area contributed by atoms with Gasteiger partial charge in [-0.05, 0) is 61.4 Å². The number of piperazine rings is 1. The van der Waals surface area contributed by atoms with E-state index >= 15 is 0 Å². The van der Waals surface area contributed by atoms with Gasteiger partial charge in [-0.25, -0.2) is 0 Å². The fraction of sp³-hybridized carbons (Fsp3) is 0.333. The second-order valence-corrected chi connectivity index (χ2v) is 9.54. The van der Waals surface area contributed by atoms with Crippen LogP contribution in [-0.2, 0) is 9.59 Å². The molecular weight excluding hydrogens is 472 g/mol. The van der Waals surface area contributed by atoms with Crippen molar-refractivity contribution in [2.24, 2.45) is 0 Å². The van der Waals surface area contributed by atoms with Crippen LogP contribution in [0.1, 0.15) is 11.1 Å². The van der Waals surface area contributed by atoms with E-state index in [1.54, 1.807) is 11.2 Å². The van der Waals surface area contributed by atoms with E-state index in [-0.39, 0.29) is 24.1 Å². The zero-order valence-corrected chi connectivity index (χ0v) is 20.8. The van der Waals surface area contributed by atoms with E-state index in [9.17, 15) is 9.59 Å². The molecule has 10 heteroatoms. The Kier molecular flexibility index (Phi) is 7.74. The normalized spacial score (nSPS) is 13.7. The van der Waals surface area contributed by atoms with Crippen LogP contribution in [0, 0.1) is 13.8 Å². The summed E-state index contributed by atoms with van der Waals surface area (Å²) >= 11 is 7.25. The number of thioether (sulfide) groups is 1. The Labute approximate surface area is 208 Å². The van der Waals surface area contributed by atoms with E-state index in [0.717, 1.165) is 24.5 Å². The Morgan fingerprint density at radius 1 is 1.00 bits per heavy atom. The first-order chi connectivity index (χ1) is 16.4. The number of carbonyl (C=O) groups excluding carboxylic acids is 2. The Morgan fingerprint density at radius 3 is 2.41 bits per heavy atom. The third kappa shape index (κ3) is 5.90. The summed E-state index contributed by atoms with van der Waals surface area (Å²) in [7, 11) is 0. The number of benzene rings is 2. The van der Waals surface area contributed by atoms with E-state index in [4.69, 9.17) is 11.6 Å². The molecule has 1 aromatic heterocycles. The van der Waals surface area contributed by atoms with Crippen molar-refractivity contribution in [1.82, 2.24) is 25.0 Å². The van der Waals surface area contributed by atoms with Crippen LogP contribution in [0.2, 0.25) is 5.02 Å². The maximum Gasteiger partial charge on any atom is 0.242 e. The Bertz CT molecular complexity index is 1160. The molecule has 0 bridgehead atoms. The van der Waals surface area contributed by atoms with Crippen LogP contribution < -0.4 is 10.2 Å². The number of hydrogen-bond acceptors (Lipinski definition) is 6. The molecule has 3 aromatic rings. The Hall–Kier alpha value is -3.04. The Morgan fingerprint density at radius 2 is 1.71 bits per heavy atom. The topological polar surface area (TPSA) is 83.4 Å². The summed E-state index contributed by atoms with van der Waals surface area (Å²) < 4.78 is 1.86. The summed E-state index contributed by atoms with van der Waals surface area (Å²) in [6, 6.07) is 13.8. The van der Waals surface area contributed by atoms with E-state index in [1.165, 1.54) is 22.9 Å². The third-order valence-corrected chi connectivity index (χ3v) is 7.07. The molecule has 1 aliphatic heterocycles. The highest BCUT2D eigenvalue weighted by Gasteiger charge is 2.21. The van der Waals surface area contributed by atoms with Gasteiger partial charge in [0.25, 0.3) is 0 Å². The number of aromatic nitrogens is 3. The molecule has 1 saturated heterocycles. The lowest BCUT2D eigenvalue weighted by molar-refractivity contribution is -0.132. The van der Waals surface area contributed by atoms with Crippen molar-refractivity contribution in [3.63, 3.8) is 0 Å².